The van der Waals surface area contributed by atoms with Crippen LogP contribution in [-0.4, -0.2) is 32.4 Å². The topological polar surface area (TPSA) is 59.6 Å². The lowest BCUT2D eigenvalue weighted by atomic mass is 10.0. The van der Waals surface area contributed by atoms with Crippen molar-refractivity contribution in [2.45, 2.75) is 31.8 Å². The molecule has 0 bridgehead atoms. The Morgan fingerprint density at radius 3 is 2.83 bits per heavy atom. The molecule has 0 heterocycles. The van der Waals surface area contributed by atoms with Crippen LogP contribution in [0.4, 0.5) is 4.79 Å². The van der Waals surface area contributed by atoms with Crippen LogP contribution in [0.5, 0.6) is 5.75 Å². The highest BCUT2D eigenvalue weighted by atomic mass is 16.5. The Morgan fingerprint density at radius 2 is 2.08 bits per heavy atom. The van der Waals surface area contributed by atoms with Crippen molar-refractivity contribution < 1.29 is 14.3 Å². The van der Waals surface area contributed by atoms with Gasteiger partial charge >= 0.3 is 6.09 Å². The van der Waals surface area contributed by atoms with E-state index in [0.29, 0.717) is 19.2 Å². The molecule has 0 aliphatic heterocycles. The monoisotopic (exact) mass is 328 g/mol. The standard InChI is InChI=1S/C19H24N2O3/c1-13(21-16-7-8-16)15-11-14-5-3-4-6-17(14)18(12-15)24-10-9-20-19(22)23-2/h3-6,11-13,16,21H,7-10H2,1-2H3,(H,20,22). The molecule has 0 radical (unpaired) electrons. The van der Waals surface area contributed by atoms with Gasteiger partial charge in [-0.3, -0.25) is 0 Å². The zero-order valence-corrected chi connectivity index (χ0v) is 14.2. The predicted octanol–water partition coefficient (Wildman–Crippen LogP) is 3.39. The van der Waals surface area contributed by atoms with Gasteiger partial charge in [-0.05, 0) is 42.8 Å². The van der Waals surface area contributed by atoms with E-state index < -0.39 is 6.09 Å². The lowest BCUT2D eigenvalue weighted by Crippen LogP contribution is -2.27. The van der Waals surface area contributed by atoms with Crippen molar-refractivity contribution in [1.82, 2.24) is 10.6 Å². The molecule has 0 aromatic heterocycles. The molecule has 1 amide bonds. The van der Waals surface area contributed by atoms with Crippen molar-refractivity contribution >= 4 is 16.9 Å². The van der Waals surface area contributed by atoms with E-state index in [0.717, 1.165) is 16.5 Å². The summed E-state index contributed by atoms with van der Waals surface area (Å²) in [4.78, 5) is 11.1. The molecule has 128 valence electrons. The lowest BCUT2D eigenvalue weighted by molar-refractivity contribution is 0.168. The number of alkyl carbamates (subject to hydrolysis) is 1. The summed E-state index contributed by atoms with van der Waals surface area (Å²) < 4.78 is 10.5. The van der Waals surface area contributed by atoms with E-state index in [1.165, 1.54) is 25.5 Å². The van der Waals surface area contributed by atoms with Gasteiger partial charge in [0.1, 0.15) is 12.4 Å². The summed E-state index contributed by atoms with van der Waals surface area (Å²) in [6.45, 7) is 2.99. The van der Waals surface area contributed by atoms with E-state index in [-0.39, 0.29) is 6.04 Å². The number of nitrogens with one attached hydrogen (secondary N) is 2. The van der Waals surface area contributed by atoms with E-state index in [4.69, 9.17) is 4.74 Å². The molecule has 1 aliphatic carbocycles. The van der Waals surface area contributed by atoms with Crippen molar-refractivity contribution in [3.63, 3.8) is 0 Å². The molecular weight excluding hydrogens is 304 g/mol. The summed E-state index contributed by atoms with van der Waals surface area (Å²) in [5.74, 6) is 0.846. The molecule has 0 spiro atoms. The molecule has 24 heavy (non-hydrogen) atoms. The van der Waals surface area contributed by atoms with Crippen LogP contribution in [0.25, 0.3) is 10.8 Å². The Hall–Kier alpha value is -2.27. The van der Waals surface area contributed by atoms with Crippen molar-refractivity contribution in [2.24, 2.45) is 0 Å². The summed E-state index contributed by atoms with van der Waals surface area (Å²) >= 11 is 0. The van der Waals surface area contributed by atoms with Crippen molar-refractivity contribution in [1.29, 1.82) is 0 Å². The van der Waals surface area contributed by atoms with Crippen LogP contribution in [0.1, 0.15) is 31.4 Å². The van der Waals surface area contributed by atoms with E-state index in [1.807, 2.05) is 12.1 Å². The number of carbonyl (C=O) groups is 1. The van der Waals surface area contributed by atoms with Crippen LogP contribution in [0.15, 0.2) is 36.4 Å². The van der Waals surface area contributed by atoms with Crippen LogP contribution in [0.3, 0.4) is 0 Å². The quantitative estimate of drug-likeness (QED) is 0.765. The smallest absolute Gasteiger partial charge is 0.406 e. The second-order valence-electron chi connectivity index (χ2n) is 6.17. The SMILES string of the molecule is COC(=O)NCCOc1cc(C(C)NC2CC2)cc2ccccc12. The van der Waals surface area contributed by atoms with Gasteiger partial charge in [-0.15, -0.1) is 0 Å². The van der Waals surface area contributed by atoms with Crippen LogP contribution < -0.4 is 15.4 Å². The molecule has 1 aliphatic rings. The molecule has 1 atom stereocenters. The van der Waals surface area contributed by atoms with Gasteiger partial charge in [-0.1, -0.05) is 24.3 Å². The number of benzene rings is 2. The van der Waals surface area contributed by atoms with E-state index >= 15 is 0 Å². The molecule has 2 N–H and O–H groups in total. The third kappa shape index (κ3) is 4.17. The Kier molecular flexibility index (Phi) is 5.20. The number of carbonyl (C=O) groups excluding carboxylic acids is 1. The first-order valence-corrected chi connectivity index (χ1v) is 8.40. The fraction of sp³-hybridized carbons (Fsp3) is 0.421. The second-order valence-corrected chi connectivity index (χ2v) is 6.17. The summed E-state index contributed by atoms with van der Waals surface area (Å²) in [6, 6.07) is 13.5. The van der Waals surface area contributed by atoms with Gasteiger partial charge in [-0.2, -0.15) is 0 Å². The first-order chi connectivity index (χ1) is 11.7. The van der Waals surface area contributed by atoms with Gasteiger partial charge < -0.3 is 20.1 Å². The summed E-state index contributed by atoms with van der Waals surface area (Å²) in [7, 11) is 1.35. The minimum atomic E-state index is -0.445. The van der Waals surface area contributed by atoms with Gasteiger partial charge in [0.15, 0.2) is 0 Å². The third-order valence-electron chi connectivity index (χ3n) is 4.22. The number of rotatable bonds is 7. The van der Waals surface area contributed by atoms with Crippen molar-refractivity contribution in [3.8, 4) is 5.75 Å². The Bertz CT molecular complexity index is 713. The minimum absolute atomic E-state index is 0.289. The summed E-state index contributed by atoms with van der Waals surface area (Å²) in [6.07, 6.45) is 2.08. The Labute approximate surface area is 142 Å². The lowest BCUT2D eigenvalue weighted by Gasteiger charge is -2.17. The molecule has 3 rings (SSSR count). The third-order valence-corrected chi connectivity index (χ3v) is 4.22. The van der Waals surface area contributed by atoms with Gasteiger partial charge in [0, 0.05) is 17.5 Å². The van der Waals surface area contributed by atoms with Crippen LogP contribution in [-0.2, 0) is 4.74 Å². The van der Waals surface area contributed by atoms with Gasteiger partial charge in [-0.25, -0.2) is 4.79 Å². The highest BCUT2D eigenvalue weighted by Gasteiger charge is 2.23. The number of hydrogen-bond acceptors (Lipinski definition) is 4. The molecule has 5 heteroatoms. The molecule has 1 fully saturated rings. The second kappa shape index (κ2) is 7.53. The fourth-order valence-electron chi connectivity index (χ4n) is 2.75. The summed E-state index contributed by atoms with van der Waals surface area (Å²) in [5, 5.41) is 8.49. The molecule has 0 saturated heterocycles. The van der Waals surface area contributed by atoms with Gasteiger partial charge in [0.2, 0.25) is 0 Å². The van der Waals surface area contributed by atoms with E-state index in [1.54, 1.807) is 0 Å². The minimum Gasteiger partial charge on any atom is -0.491 e. The first kappa shape index (κ1) is 16.6. The molecular formula is C19H24N2O3. The Morgan fingerprint density at radius 1 is 1.29 bits per heavy atom. The maximum atomic E-state index is 11.1. The largest absolute Gasteiger partial charge is 0.491 e. The Balaban J connectivity index is 1.75. The predicted molar refractivity (Wildman–Crippen MR) is 94.4 cm³/mol. The van der Waals surface area contributed by atoms with Crippen LogP contribution in [0.2, 0.25) is 0 Å². The average molecular weight is 328 g/mol. The molecule has 2 aromatic carbocycles. The van der Waals surface area contributed by atoms with Crippen LogP contribution >= 0.6 is 0 Å². The zero-order chi connectivity index (χ0) is 16.9. The molecule has 1 unspecified atom stereocenters. The van der Waals surface area contributed by atoms with Gasteiger partial charge in [0.05, 0.1) is 13.7 Å². The average Bonchev–Trinajstić information content (AvgIpc) is 3.42. The van der Waals surface area contributed by atoms with Gasteiger partial charge in [0.25, 0.3) is 0 Å². The molecule has 5 nitrogen and oxygen atoms in total. The number of ether oxygens (including phenoxy) is 2. The first-order valence-electron chi connectivity index (χ1n) is 8.40. The van der Waals surface area contributed by atoms with E-state index in [9.17, 15) is 4.79 Å². The molecule has 1 saturated carbocycles. The highest BCUT2D eigenvalue weighted by Crippen LogP contribution is 2.31. The zero-order valence-electron chi connectivity index (χ0n) is 14.2. The highest BCUT2D eigenvalue weighted by molar-refractivity contribution is 5.89. The maximum absolute atomic E-state index is 11.1. The van der Waals surface area contributed by atoms with Crippen LogP contribution in [0, 0.1) is 0 Å². The number of amides is 1. The summed E-state index contributed by atoms with van der Waals surface area (Å²) in [5.41, 5.74) is 1.22. The van der Waals surface area contributed by atoms with E-state index in [2.05, 4.69) is 46.6 Å². The normalized spacial score (nSPS) is 15.1. The van der Waals surface area contributed by atoms with Crippen molar-refractivity contribution in [2.75, 3.05) is 20.3 Å². The molecule has 2 aromatic rings. The van der Waals surface area contributed by atoms with Crippen molar-refractivity contribution in [3.05, 3.63) is 42.0 Å². The number of hydrogen-bond donors (Lipinski definition) is 2. The fourth-order valence-corrected chi connectivity index (χ4v) is 2.75. The number of methoxy groups -OCH3 is 1. The maximum Gasteiger partial charge on any atom is 0.406 e. The number of fused-ring (bicyclic) bond motifs is 1.